The van der Waals surface area contributed by atoms with E-state index < -0.39 is 0 Å². The summed E-state index contributed by atoms with van der Waals surface area (Å²) in [5.74, 6) is 0.102. The Hall–Kier alpha value is -1.13. The molecule has 0 radical (unpaired) electrons. The van der Waals surface area contributed by atoms with E-state index in [9.17, 15) is 4.79 Å². The van der Waals surface area contributed by atoms with E-state index in [0.717, 1.165) is 40.4 Å². The fraction of sp³-hybridized carbons (Fsp3) is 0.235. The summed E-state index contributed by atoms with van der Waals surface area (Å²) < 4.78 is 1.83. The van der Waals surface area contributed by atoms with Crippen molar-refractivity contribution in [1.82, 2.24) is 4.90 Å². The standard InChI is InChI=1S/C17H15Br2NO/c18-15-9-14(10-16(19)11-15)17(21)20-7-5-12-3-1-2-4-13(12)6-8-20/h1-4,9-11H,5-8H2. The topological polar surface area (TPSA) is 20.3 Å². The predicted molar refractivity (Wildman–Crippen MR) is 91.6 cm³/mol. The second-order valence-electron chi connectivity index (χ2n) is 5.22. The number of nitrogens with zero attached hydrogens (tertiary/aromatic N) is 1. The molecule has 21 heavy (non-hydrogen) atoms. The van der Waals surface area contributed by atoms with E-state index in [4.69, 9.17) is 0 Å². The summed E-state index contributed by atoms with van der Waals surface area (Å²) in [7, 11) is 0. The molecule has 2 nitrogen and oxygen atoms in total. The number of rotatable bonds is 1. The van der Waals surface area contributed by atoms with Gasteiger partial charge in [-0.05, 0) is 42.2 Å². The fourth-order valence-electron chi connectivity index (χ4n) is 2.73. The van der Waals surface area contributed by atoms with Crippen LogP contribution >= 0.6 is 31.9 Å². The van der Waals surface area contributed by atoms with E-state index in [2.05, 4.69) is 56.1 Å². The predicted octanol–water partition coefficient (Wildman–Crippen LogP) is 4.45. The summed E-state index contributed by atoms with van der Waals surface area (Å²) in [5.41, 5.74) is 3.45. The average Bonchev–Trinajstić information content (AvgIpc) is 2.68. The second kappa shape index (κ2) is 6.32. The molecule has 0 aliphatic carbocycles. The van der Waals surface area contributed by atoms with E-state index in [-0.39, 0.29) is 5.91 Å². The first kappa shape index (κ1) is 14.8. The Morgan fingerprint density at radius 3 is 1.95 bits per heavy atom. The van der Waals surface area contributed by atoms with Crippen molar-refractivity contribution in [3.8, 4) is 0 Å². The van der Waals surface area contributed by atoms with Crippen LogP contribution in [0, 0.1) is 0 Å². The van der Waals surface area contributed by atoms with Crippen molar-refractivity contribution in [2.24, 2.45) is 0 Å². The molecule has 0 aromatic heterocycles. The van der Waals surface area contributed by atoms with Gasteiger partial charge in [-0.15, -0.1) is 0 Å². The van der Waals surface area contributed by atoms with Crippen LogP contribution in [0.25, 0.3) is 0 Å². The molecule has 2 aromatic carbocycles. The first-order valence-corrected chi connectivity index (χ1v) is 8.54. The monoisotopic (exact) mass is 407 g/mol. The fourth-order valence-corrected chi connectivity index (χ4v) is 4.02. The van der Waals surface area contributed by atoms with E-state index in [0.29, 0.717) is 0 Å². The van der Waals surface area contributed by atoms with Gasteiger partial charge in [-0.3, -0.25) is 4.79 Å². The third kappa shape index (κ3) is 3.38. The molecule has 0 bridgehead atoms. The Kier molecular flexibility index (Phi) is 4.45. The Balaban J connectivity index is 1.80. The molecule has 0 saturated heterocycles. The van der Waals surface area contributed by atoms with Gasteiger partial charge in [0.05, 0.1) is 0 Å². The minimum Gasteiger partial charge on any atom is -0.338 e. The lowest BCUT2D eigenvalue weighted by Gasteiger charge is -2.20. The molecule has 0 saturated carbocycles. The lowest BCUT2D eigenvalue weighted by atomic mass is 10.0. The highest BCUT2D eigenvalue weighted by Crippen LogP contribution is 2.22. The van der Waals surface area contributed by atoms with Gasteiger partial charge < -0.3 is 4.90 Å². The van der Waals surface area contributed by atoms with Crippen molar-refractivity contribution in [3.63, 3.8) is 0 Å². The minimum absolute atomic E-state index is 0.102. The van der Waals surface area contributed by atoms with Crippen LogP contribution in [0.4, 0.5) is 0 Å². The van der Waals surface area contributed by atoms with Gasteiger partial charge in [0, 0.05) is 27.6 Å². The van der Waals surface area contributed by atoms with Gasteiger partial charge >= 0.3 is 0 Å². The zero-order chi connectivity index (χ0) is 14.8. The number of hydrogen-bond acceptors (Lipinski definition) is 1. The number of amides is 1. The molecule has 0 unspecified atom stereocenters. The largest absolute Gasteiger partial charge is 0.338 e. The van der Waals surface area contributed by atoms with Crippen molar-refractivity contribution in [2.45, 2.75) is 12.8 Å². The van der Waals surface area contributed by atoms with Gasteiger partial charge in [0.25, 0.3) is 5.91 Å². The molecule has 0 fully saturated rings. The van der Waals surface area contributed by atoms with Crippen LogP contribution < -0.4 is 0 Å². The molecule has 2 aromatic rings. The summed E-state index contributed by atoms with van der Waals surface area (Å²) in [6.45, 7) is 1.56. The van der Waals surface area contributed by atoms with Crippen molar-refractivity contribution >= 4 is 37.8 Å². The van der Waals surface area contributed by atoms with Gasteiger partial charge in [0.1, 0.15) is 0 Å². The number of carbonyl (C=O) groups excluding carboxylic acids is 1. The zero-order valence-electron chi connectivity index (χ0n) is 11.5. The summed E-state index contributed by atoms with van der Waals surface area (Å²) >= 11 is 6.89. The van der Waals surface area contributed by atoms with Crippen LogP contribution in [0.1, 0.15) is 21.5 Å². The van der Waals surface area contributed by atoms with Gasteiger partial charge in [0.15, 0.2) is 0 Å². The Morgan fingerprint density at radius 2 is 1.43 bits per heavy atom. The third-order valence-corrected chi connectivity index (χ3v) is 4.73. The highest BCUT2D eigenvalue weighted by molar-refractivity contribution is 9.11. The molecular formula is C17H15Br2NO. The summed E-state index contributed by atoms with van der Waals surface area (Å²) in [6.07, 6.45) is 1.86. The molecule has 0 atom stereocenters. The van der Waals surface area contributed by atoms with E-state index in [1.165, 1.54) is 11.1 Å². The van der Waals surface area contributed by atoms with E-state index in [1.54, 1.807) is 0 Å². The van der Waals surface area contributed by atoms with E-state index >= 15 is 0 Å². The van der Waals surface area contributed by atoms with Crippen molar-refractivity contribution in [2.75, 3.05) is 13.1 Å². The number of fused-ring (bicyclic) bond motifs is 1. The van der Waals surface area contributed by atoms with Crippen LogP contribution in [0.3, 0.4) is 0 Å². The van der Waals surface area contributed by atoms with Crippen molar-refractivity contribution in [3.05, 3.63) is 68.1 Å². The molecule has 1 amide bonds. The van der Waals surface area contributed by atoms with Gasteiger partial charge in [-0.2, -0.15) is 0 Å². The van der Waals surface area contributed by atoms with Crippen LogP contribution in [-0.2, 0) is 12.8 Å². The molecule has 3 rings (SSSR count). The Morgan fingerprint density at radius 1 is 0.905 bits per heavy atom. The quantitative estimate of drug-likeness (QED) is 0.682. The van der Waals surface area contributed by atoms with Crippen LogP contribution in [0.15, 0.2) is 51.4 Å². The number of benzene rings is 2. The number of halogens is 2. The second-order valence-corrected chi connectivity index (χ2v) is 7.05. The Bertz CT molecular complexity index is 637. The lowest BCUT2D eigenvalue weighted by Crippen LogP contribution is -2.33. The van der Waals surface area contributed by atoms with Crippen molar-refractivity contribution in [1.29, 1.82) is 0 Å². The number of hydrogen-bond donors (Lipinski definition) is 0. The summed E-state index contributed by atoms with van der Waals surface area (Å²) in [6, 6.07) is 14.2. The highest BCUT2D eigenvalue weighted by Gasteiger charge is 2.20. The molecule has 108 valence electrons. The van der Waals surface area contributed by atoms with Gasteiger partial charge in [-0.25, -0.2) is 0 Å². The molecule has 1 aliphatic rings. The number of carbonyl (C=O) groups is 1. The lowest BCUT2D eigenvalue weighted by molar-refractivity contribution is 0.0763. The summed E-state index contributed by atoms with van der Waals surface area (Å²) in [5, 5.41) is 0. The molecule has 0 spiro atoms. The van der Waals surface area contributed by atoms with Crippen molar-refractivity contribution < 1.29 is 4.79 Å². The Labute approximate surface area is 141 Å². The third-order valence-electron chi connectivity index (χ3n) is 3.82. The van der Waals surface area contributed by atoms with Gasteiger partial charge in [0.2, 0.25) is 0 Å². The zero-order valence-corrected chi connectivity index (χ0v) is 14.7. The van der Waals surface area contributed by atoms with Gasteiger partial charge in [-0.1, -0.05) is 56.1 Å². The molecule has 1 aliphatic heterocycles. The van der Waals surface area contributed by atoms with E-state index in [1.807, 2.05) is 23.1 Å². The van der Waals surface area contributed by atoms with Crippen LogP contribution in [0.2, 0.25) is 0 Å². The molecule has 4 heteroatoms. The SMILES string of the molecule is O=C(c1cc(Br)cc(Br)c1)N1CCc2ccccc2CC1. The first-order chi connectivity index (χ1) is 10.1. The normalized spacial score (nSPS) is 14.5. The minimum atomic E-state index is 0.102. The van der Waals surface area contributed by atoms with Crippen LogP contribution in [0.5, 0.6) is 0 Å². The maximum atomic E-state index is 12.7. The highest BCUT2D eigenvalue weighted by atomic mass is 79.9. The first-order valence-electron chi connectivity index (χ1n) is 6.95. The smallest absolute Gasteiger partial charge is 0.253 e. The molecular weight excluding hydrogens is 394 g/mol. The average molecular weight is 409 g/mol. The molecule has 0 N–H and O–H groups in total. The van der Waals surface area contributed by atoms with Crippen LogP contribution in [-0.4, -0.2) is 23.9 Å². The maximum absolute atomic E-state index is 12.7. The molecule has 1 heterocycles. The maximum Gasteiger partial charge on any atom is 0.253 e. The summed E-state index contributed by atoms with van der Waals surface area (Å²) in [4.78, 5) is 14.6.